The third kappa shape index (κ3) is 2.83. The predicted octanol–water partition coefficient (Wildman–Crippen LogP) is 4.10. The van der Waals surface area contributed by atoms with Crippen molar-refractivity contribution in [2.45, 2.75) is 19.9 Å². The Balaban J connectivity index is 1.57. The summed E-state index contributed by atoms with van der Waals surface area (Å²) >= 11 is 0. The van der Waals surface area contributed by atoms with E-state index in [1.807, 2.05) is 31.2 Å². The van der Waals surface area contributed by atoms with Crippen molar-refractivity contribution in [3.8, 4) is 5.88 Å². The maximum Gasteiger partial charge on any atom is 0.416 e. The number of aromatic nitrogens is 1. The van der Waals surface area contributed by atoms with E-state index >= 15 is 0 Å². The van der Waals surface area contributed by atoms with Crippen LogP contribution in [0, 0.1) is 6.92 Å². The first-order valence-corrected chi connectivity index (χ1v) is 8.10. The number of pyridine rings is 1. The van der Waals surface area contributed by atoms with Gasteiger partial charge in [0.05, 0.1) is 12.1 Å². The van der Waals surface area contributed by atoms with Crippen LogP contribution in [0.3, 0.4) is 0 Å². The summed E-state index contributed by atoms with van der Waals surface area (Å²) in [6.45, 7) is 3.20. The molecule has 0 spiro atoms. The molecule has 120 valence electrons. The molecule has 0 radical (unpaired) electrons. The molecule has 0 aliphatic carbocycles. The minimum atomic E-state index is -0.321. The lowest BCUT2D eigenvalue weighted by molar-refractivity contribution is 0.137. The van der Waals surface area contributed by atoms with Gasteiger partial charge < -0.3 is 9.64 Å². The van der Waals surface area contributed by atoms with Gasteiger partial charge in [-0.15, -0.1) is 0 Å². The van der Waals surface area contributed by atoms with Gasteiger partial charge in [-0.25, -0.2) is 9.78 Å². The van der Waals surface area contributed by atoms with Crippen molar-refractivity contribution in [1.82, 2.24) is 9.88 Å². The smallest absolute Gasteiger partial charge is 0.391 e. The van der Waals surface area contributed by atoms with Crippen molar-refractivity contribution in [2.24, 2.45) is 0 Å². The van der Waals surface area contributed by atoms with Crippen LogP contribution in [-0.4, -0.2) is 22.5 Å². The van der Waals surface area contributed by atoms with E-state index in [0.717, 1.165) is 28.5 Å². The fraction of sp³-hybridized carbons (Fsp3) is 0.200. The number of benzene rings is 2. The van der Waals surface area contributed by atoms with Crippen LogP contribution in [0.5, 0.6) is 5.88 Å². The second-order valence-corrected chi connectivity index (χ2v) is 6.17. The molecule has 0 saturated carbocycles. The Hall–Kier alpha value is -2.88. The fourth-order valence-electron chi connectivity index (χ4n) is 3.00. The SMILES string of the molecule is Cc1ccc2cc3c(nc2c1)OC(=O)N(CCc1ccccc1)C3. The van der Waals surface area contributed by atoms with Gasteiger partial charge in [0.1, 0.15) is 0 Å². The van der Waals surface area contributed by atoms with Crippen molar-refractivity contribution in [3.63, 3.8) is 0 Å². The summed E-state index contributed by atoms with van der Waals surface area (Å²) in [6.07, 6.45) is 0.490. The third-order valence-electron chi connectivity index (χ3n) is 4.33. The van der Waals surface area contributed by atoms with E-state index in [-0.39, 0.29) is 6.09 Å². The summed E-state index contributed by atoms with van der Waals surface area (Å²) in [5, 5.41) is 1.07. The van der Waals surface area contributed by atoms with Gasteiger partial charge in [0.25, 0.3) is 0 Å². The van der Waals surface area contributed by atoms with Crippen LogP contribution in [0.1, 0.15) is 16.7 Å². The first kappa shape index (κ1) is 14.7. The largest absolute Gasteiger partial charge is 0.416 e. The van der Waals surface area contributed by atoms with Crippen molar-refractivity contribution < 1.29 is 9.53 Å². The number of hydrogen-bond donors (Lipinski definition) is 0. The normalized spacial score (nSPS) is 13.7. The molecule has 1 aromatic heterocycles. The van der Waals surface area contributed by atoms with Crippen LogP contribution in [-0.2, 0) is 13.0 Å². The summed E-state index contributed by atoms with van der Waals surface area (Å²) in [5.41, 5.74) is 4.17. The Morgan fingerprint density at radius 1 is 1.12 bits per heavy atom. The van der Waals surface area contributed by atoms with E-state index in [9.17, 15) is 4.79 Å². The first-order valence-electron chi connectivity index (χ1n) is 8.10. The van der Waals surface area contributed by atoms with E-state index in [0.29, 0.717) is 19.0 Å². The van der Waals surface area contributed by atoms with Gasteiger partial charge in [0, 0.05) is 17.5 Å². The third-order valence-corrected chi connectivity index (χ3v) is 4.33. The highest BCUT2D eigenvalue weighted by Crippen LogP contribution is 2.28. The number of hydrogen-bond acceptors (Lipinski definition) is 3. The highest BCUT2D eigenvalue weighted by Gasteiger charge is 2.26. The average molecular weight is 318 g/mol. The molecular weight excluding hydrogens is 300 g/mol. The maximum atomic E-state index is 12.2. The quantitative estimate of drug-likeness (QED) is 0.730. The molecule has 4 rings (SSSR count). The zero-order chi connectivity index (χ0) is 16.5. The molecule has 0 atom stereocenters. The van der Waals surface area contributed by atoms with E-state index < -0.39 is 0 Å². The van der Waals surface area contributed by atoms with Gasteiger partial charge in [0.15, 0.2) is 0 Å². The Labute approximate surface area is 140 Å². The van der Waals surface area contributed by atoms with E-state index in [2.05, 4.69) is 35.3 Å². The van der Waals surface area contributed by atoms with Gasteiger partial charge in [-0.1, -0.05) is 42.5 Å². The highest BCUT2D eigenvalue weighted by molar-refractivity contribution is 5.82. The monoisotopic (exact) mass is 318 g/mol. The van der Waals surface area contributed by atoms with Gasteiger partial charge in [-0.2, -0.15) is 0 Å². The number of rotatable bonds is 3. The summed E-state index contributed by atoms with van der Waals surface area (Å²) in [6, 6.07) is 18.4. The number of amides is 1. The second kappa shape index (κ2) is 5.96. The Morgan fingerprint density at radius 3 is 2.79 bits per heavy atom. The fourth-order valence-corrected chi connectivity index (χ4v) is 3.00. The Morgan fingerprint density at radius 2 is 1.96 bits per heavy atom. The number of ether oxygens (including phenoxy) is 1. The van der Waals surface area contributed by atoms with Crippen molar-refractivity contribution in [1.29, 1.82) is 0 Å². The van der Waals surface area contributed by atoms with Crippen LogP contribution < -0.4 is 4.74 Å². The van der Waals surface area contributed by atoms with Gasteiger partial charge in [-0.05, 0) is 36.6 Å². The molecule has 0 unspecified atom stereocenters. The molecule has 1 amide bonds. The van der Waals surface area contributed by atoms with Crippen molar-refractivity contribution in [2.75, 3.05) is 6.54 Å². The van der Waals surface area contributed by atoms with Gasteiger partial charge in [0.2, 0.25) is 5.88 Å². The van der Waals surface area contributed by atoms with Gasteiger partial charge in [-0.3, -0.25) is 0 Å². The zero-order valence-corrected chi connectivity index (χ0v) is 13.5. The maximum absolute atomic E-state index is 12.2. The summed E-state index contributed by atoms with van der Waals surface area (Å²) in [5.74, 6) is 0.439. The molecule has 2 heterocycles. The molecule has 1 aliphatic rings. The zero-order valence-electron chi connectivity index (χ0n) is 13.5. The summed E-state index contributed by atoms with van der Waals surface area (Å²) < 4.78 is 5.46. The molecular formula is C20H18N2O2. The second-order valence-electron chi connectivity index (χ2n) is 6.17. The molecule has 1 aliphatic heterocycles. The minimum absolute atomic E-state index is 0.321. The average Bonchev–Trinajstić information content (AvgIpc) is 2.59. The molecule has 24 heavy (non-hydrogen) atoms. The summed E-state index contributed by atoms with van der Waals surface area (Å²) in [7, 11) is 0. The molecule has 3 aromatic rings. The molecule has 0 bridgehead atoms. The molecule has 0 saturated heterocycles. The number of carbonyl (C=O) groups is 1. The molecule has 2 aromatic carbocycles. The Bertz CT molecular complexity index is 906. The standard InChI is InChI=1S/C20H18N2O2/c1-14-7-8-16-12-17-13-22(10-9-15-5-3-2-4-6-15)20(23)24-19(17)21-18(16)11-14/h2-8,11-12H,9-10,13H2,1H3. The number of carbonyl (C=O) groups excluding carboxylic acids is 1. The van der Waals surface area contributed by atoms with E-state index in [4.69, 9.17) is 4.74 Å². The minimum Gasteiger partial charge on any atom is -0.391 e. The highest BCUT2D eigenvalue weighted by atomic mass is 16.6. The number of aryl methyl sites for hydroxylation is 1. The number of nitrogens with zero attached hydrogens (tertiary/aromatic N) is 2. The lowest BCUT2D eigenvalue weighted by Crippen LogP contribution is -2.38. The van der Waals surface area contributed by atoms with Gasteiger partial charge >= 0.3 is 6.09 Å². The molecule has 0 fully saturated rings. The molecule has 4 heteroatoms. The number of fused-ring (bicyclic) bond motifs is 2. The van der Waals surface area contributed by atoms with Crippen molar-refractivity contribution >= 4 is 17.0 Å². The lowest BCUT2D eigenvalue weighted by Gasteiger charge is -2.27. The topological polar surface area (TPSA) is 42.4 Å². The predicted molar refractivity (Wildman–Crippen MR) is 93.1 cm³/mol. The van der Waals surface area contributed by atoms with Crippen LogP contribution in [0.25, 0.3) is 10.9 Å². The van der Waals surface area contributed by atoms with E-state index in [1.54, 1.807) is 4.90 Å². The van der Waals surface area contributed by atoms with Crippen LogP contribution in [0.4, 0.5) is 4.79 Å². The Kier molecular flexibility index (Phi) is 3.65. The van der Waals surface area contributed by atoms with Crippen LogP contribution in [0.15, 0.2) is 54.6 Å². The molecule has 4 nitrogen and oxygen atoms in total. The van der Waals surface area contributed by atoms with E-state index in [1.165, 1.54) is 5.56 Å². The van der Waals surface area contributed by atoms with Crippen LogP contribution >= 0.6 is 0 Å². The molecule has 0 N–H and O–H groups in total. The first-order chi connectivity index (χ1) is 11.7. The lowest BCUT2D eigenvalue weighted by atomic mass is 10.1. The van der Waals surface area contributed by atoms with Crippen LogP contribution in [0.2, 0.25) is 0 Å². The van der Waals surface area contributed by atoms with Crippen molar-refractivity contribution in [3.05, 3.63) is 71.3 Å². The summed E-state index contributed by atoms with van der Waals surface area (Å²) in [4.78, 5) is 18.5.